The molecule has 1 aliphatic heterocycles. The van der Waals surface area contributed by atoms with Gasteiger partial charge in [0.05, 0.1) is 15.9 Å². The van der Waals surface area contributed by atoms with E-state index in [0.29, 0.717) is 24.5 Å². The standard InChI is InChI=1S/C18H21N5O3S/c1-22-14(4-6-19-22)16(24)17(25)20-11-3-2-7-23(10-11)18(26)13-9-15-12(21-13)5-8-27-15/h4-6,8-9,11,16,21,24H,2-3,7,10H2,1H3,(H,20,25). The summed E-state index contributed by atoms with van der Waals surface area (Å²) in [5.41, 5.74) is 1.96. The van der Waals surface area contributed by atoms with E-state index in [1.807, 2.05) is 17.5 Å². The second-order valence-electron chi connectivity index (χ2n) is 6.76. The quantitative estimate of drug-likeness (QED) is 0.630. The zero-order valence-electron chi connectivity index (χ0n) is 14.9. The highest BCUT2D eigenvalue weighted by Crippen LogP contribution is 2.23. The molecule has 0 bridgehead atoms. The monoisotopic (exact) mass is 387 g/mol. The van der Waals surface area contributed by atoms with Crippen LogP contribution in [-0.4, -0.2) is 55.7 Å². The minimum Gasteiger partial charge on any atom is -0.377 e. The van der Waals surface area contributed by atoms with E-state index in [4.69, 9.17) is 0 Å². The Bertz CT molecular complexity index is 946. The molecular formula is C18H21N5O3S. The van der Waals surface area contributed by atoms with Crippen molar-refractivity contribution < 1.29 is 14.7 Å². The number of hydrogen-bond acceptors (Lipinski definition) is 5. The van der Waals surface area contributed by atoms with Gasteiger partial charge in [0, 0.05) is 32.4 Å². The molecule has 0 saturated carbocycles. The van der Waals surface area contributed by atoms with Crippen LogP contribution in [0.25, 0.3) is 10.2 Å². The lowest BCUT2D eigenvalue weighted by Gasteiger charge is -2.33. The van der Waals surface area contributed by atoms with Gasteiger partial charge in [0.15, 0.2) is 6.10 Å². The molecule has 0 spiro atoms. The maximum absolute atomic E-state index is 12.8. The molecule has 3 N–H and O–H groups in total. The second kappa shape index (κ2) is 7.16. The van der Waals surface area contributed by atoms with Crippen molar-refractivity contribution in [2.75, 3.05) is 13.1 Å². The average Bonchev–Trinajstić information content (AvgIpc) is 3.36. The molecule has 3 aromatic rings. The van der Waals surface area contributed by atoms with Crippen LogP contribution in [0, 0.1) is 0 Å². The molecule has 9 heteroatoms. The van der Waals surface area contributed by atoms with Gasteiger partial charge < -0.3 is 20.3 Å². The normalized spacial score (nSPS) is 18.6. The molecule has 2 amide bonds. The van der Waals surface area contributed by atoms with E-state index in [9.17, 15) is 14.7 Å². The smallest absolute Gasteiger partial charge is 0.270 e. The first-order chi connectivity index (χ1) is 13.0. The lowest BCUT2D eigenvalue weighted by Crippen LogP contribution is -2.50. The van der Waals surface area contributed by atoms with Gasteiger partial charge in [-0.1, -0.05) is 0 Å². The molecule has 1 saturated heterocycles. The third kappa shape index (κ3) is 3.47. The van der Waals surface area contributed by atoms with Crippen LogP contribution in [0.2, 0.25) is 0 Å². The summed E-state index contributed by atoms with van der Waals surface area (Å²) in [7, 11) is 1.67. The first kappa shape index (κ1) is 17.7. The number of aromatic nitrogens is 3. The molecule has 0 aromatic carbocycles. The number of aryl methyl sites for hydroxylation is 1. The fourth-order valence-electron chi connectivity index (χ4n) is 3.48. The van der Waals surface area contributed by atoms with Gasteiger partial charge in [-0.25, -0.2) is 0 Å². The largest absolute Gasteiger partial charge is 0.377 e. The summed E-state index contributed by atoms with van der Waals surface area (Å²) in [6.45, 7) is 1.08. The lowest BCUT2D eigenvalue weighted by atomic mass is 10.0. The second-order valence-corrected chi connectivity index (χ2v) is 7.71. The Morgan fingerprint density at radius 2 is 2.30 bits per heavy atom. The first-order valence-electron chi connectivity index (χ1n) is 8.85. The zero-order chi connectivity index (χ0) is 19.0. The molecule has 3 aromatic heterocycles. The van der Waals surface area contributed by atoms with E-state index in [1.165, 1.54) is 10.9 Å². The van der Waals surface area contributed by atoms with Crippen molar-refractivity contribution in [1.29, 1.82) is 0 Å². The van der Waals surface area contributed by atoms with Gasteiger partial charge in [-0.05, 0) is 36.4 Å². The average molecular weight is 387 g/mol. The van der Waals surface area contributed by atoms with Crippen molar-refractivity contribution in [1.82, 2.24) is 25.0 Å². The molecule has 27 heavy (non-hydrogen) atoms. The van der Waals surface area contributed by atoms with Crippen LogP contribution in [0.1, 0.15) is 35.1 Å². The van der Waals surface area contributed by atoms with Crippen molar-refractivity contribution in [3.63, 3.8) is 0 Å². The van der Waals surface area contributed by atoms with Crippen LogP contribution in [0.15, 0.2) is 29.8 Å². The molecule has 1 aliphatic rings. The number of hydrogen-bond donors (Lipinski definition) is 3. The summed E-state index contributed by atoms with van der Waals surface area (Å²) >= 11 is 1.59. The van der Waals surface area contributed by atoms with Crippen LogP contribution in [0.3, 0.4) is 0 Å². The fourth-order valence-corrected chi connectivity index (χ4v) is 4.26. The van der Waals surface area contributed by atoms with Gasteiger partial charge >= 0.3 is 0 Å². The number of thiophene rings is 1. The summed E-state index contributed by atoms with van der Waals surface area (Å²) in [6.07, 6.45) is 1.83. The zero-order valence-corrected chi connectivity index (χ0v) is 15.7. The van der Waals surface area contributed by atoms with Gasteiger partial charge in [-0.2, -0.15) is 5.10 Å². The van der Waals surface area contributed by atoms with E-state index < -0.39 is 12.0 Å². The molecular weight excluding hydrogens is 366 g/mol. The topological polar surface area (TPSA) is 103 Å². The van der Waals surface area contributed by atoms with E-state index in [-0.39, 0.29) is 11.9 Å². The van der Waals surface area contributed by atoms with E-state index >= 15 is 0 Å². The van der Waals surface area contributed by atoms with Crippen molar-refractivity contribution in [2.45, 2.75) is 25.0 Å². The minimum atomic E-state index is -1.28. The molecule has 2 atom stereocenters. The van der Waals surface area contributed by atoms with Gasteiger partial charge in [0.25, 0.3) is 11.8 Å². The molecule has 0 aliphatic carbocycles. The van der Waals surface area contributed by atoms with E-state index in [0.717, 1.165) is 23.1 Å². The van der Waals surface area contributed by atoms with Crippen LogP contribution in [0.5, 0.6) is 0 Å². The summed E-state index contributed by atoms with van der Waals surface area (Å²) in [5, 5.41) is 19.1. The third-order valence-corrected chi connectivity index (χ3v) is 5.78. The molecule has 2 unspecified atom stereocenters. The number of likely N-dealkylation sites (tertiary alicyclic amines) is 1. The Morgan fingerprint density at radius 3 is 3.04 bits per heavy atom. The number of nitrogens with zero attached hydrogens (tertiary/aromatic N) is 3. The number of H-pyrrole nitrogens is 1. The number of fused-ring (bicyclic) bond motifs is 1. The number of carbonyl (C=O) groups excluding carboxylic acids is 2. The van der Waals surface area contributed by atoms with Gasteiger partial charge in [0.1, 0.15) is 5.69 Å². The Kier molecular flexibility index (Phi) is 4.71. The molecule has 1 fully saturated rings. The van der Waals surface area contributed by atoms with E-state index in [1.54, 1.807) is 29.4 Å². The highest BCUT2D eigenvalue weighted by Gasteiger charge is 2.29. The highest BCUT2D eigenvalue weighted by atomic mass is 32.1. The van der Waals surface area contributed by atoms with Crippen molar-refractivity contribution in [3.05, 3.63) is 41.2 Å². The predicted octanol–water partition coefficient (Wildman–Crippen LogP) is 1.42. The predicted molar refractivity (Wildman–Crippen MR) is 101 cm³/mol. The van der Waals surface area contributed by atoms with Gasteiger partial charge in [0.2, 0.25) is 0 Å². The van der Waals surface area contributed by atoms with Crippen molar-refractivity contribution >= 4 is 33.4 Å². The molecule has 8 nitrogen and oxygen atoms in total. The maximum atomic E-state index is 12.8. The SMILES string of the molecule is Cn1nccc1C(O)C(=O)NC1CCCN(C(=O)c2cc3sccc3[nH]2)C1. The van der Waals surface area contributed by atoms with E-state index in [2.05, 4.69) is 15.4 Å². The number of aromatic amines is 1. The Labute approximate surface area is 159 Å². The molecule has 4 heterocycles. The fraction of sp³-hybridized carbons (Fsp3) is 0.389. The summed E-state index contributed by atoms with van der Waals surface area (Å²) in [6, 6.07) is 5.25. The van der Waals surface area contributed by atoms with Gasteiger partial charge in [-0.3, -0.25) is 14.3 Å². The molecule has 4 rings (SSSR count). The molecule has 142 valence electrons. The number of aliphatic hydroxyl groups is 1. The number of amides is 2. The van der Waals surface area contributed by atoms with Crippen molar-refractivity contribution in [3.8, 4) is 0 Å². The number of nitrogens with one attached hydrogen (secondary N) is 2. The van der Waals surface area contributed by atoms with Gasteiger partial charge in [-0.15, -0.1) is 11.3 Å². The summed E-state index contributed by atoms with van der Waals surface area (Å²) in [4.78, 5) is 30.1. The van der Waals surface area contributed by atoms with Crippen molar-refractivity contribution in [2.24, 2.45) is 7.05 Å². The Hall–Kier alpha value is -2.65. The Morgan fingerprint density at radius 1 is 1.44 bits per heavy atom. The van der Waals surface area contributed by atoms with Crippen LogP contribution in [-0.2, 0) is 11.8 Å². The summed E-state index contributed by atoms with van der Waals surface area (Å²) < 4.78 is 2.53. The third-order valence-electron chi connectivity index (χ3n) is 4.91. The maximum Gasteiger partial charge on any atom is 0.270 e. The van der Waals surface area contributed by atoms with Crippen LogP contribution in [0.4, 0.5) is 0 Å². The molecule has 0 radical (unpaired) electrons. The first-order valence-corrected chi connectivity index (χ1v) is 9.72. The Balaban J connectivity index is 1.40. The summed E-state index contributed by atoms with van der Waals surface area (Å²) in [5.74, 6) is -0.539. The highest BCUT2D eigenvalue weighted by molar-refractivity contribution is 7.17. The lowest BCUT2D eigenvalue weighted by molar-refractivity contribution is -0.131. The van der Waals surface area contributed by atoms with Crippen LogP contribution >= 0.6 is 11.3 Å². The number of carbonyl (C=O) groups is 2. The number of piperidine rings is 1. The number of aliphatic hydroxyl groups excluding tert-OH is 1. The number of rotatable bonds is 4. The van der Waals surface area contributed by atoms with Crippen LogP contribution < -0.4 is 5.32 Å². The minimum absolute atomic E-state index is 0.0652.